The molecule has 1 heterocycles. The monoisotopic (exact) mass is 342 g/mol. The molecule has 0 unspecified atom stereocenters. The van der Waals surface area contributed by atoms with Crippen LogP contribution in [0.1, 0.15) is 41.9 Å². The molecule has 2 N–H and O–H groups in total. The zero-order chi connectivity index (χ0) is 18.2. The number of methoxy groups -OCH3 is 1. The van der Waals surface area contributed by atoms with E-state index in [1.807, 2.05) is 31.2 Å². The molecule has 0 fully saturated rings. The number of anilines is 1. The Balaban J connectivity index is 1.98. The molecule has 1 amide bonds. The number of nitrogens with one attached hydrogen (secondary N) is 2. The van der Waals surface area contributed by atoms with Crippen molar-refractivity contribution in [1.82, 2.24) is 15.3 Å². The summed E-state index contributed by atoms with van der Waals surface area (Å²) >= 11 is 0. The third-order valence-corrected chi connectivity index (χ3v) is 3.86. The van der Waals surface area contributed by atoms with E-state index in [2.05, 4.69) is 34.4 Å². The van der Waals surface area contributed by atoms with Gasteiger partial charge >= 0.3 is 0 Å². The minimum atomic E-state index is -0.130. The van der Waals surface area contributed by atoms with Crippen LogP contribution in [0.5, 0.6) is 5.75 Å². The van der Waals surface area contributed by atoms with Crippen molar-refractivity contribution < 1.29 is 9.53 Å². The first-order valence-electron chi connectivity index (χ1n) is 8.49. The zero-order valence-electron chi connectivity index (χ0n) is 15.3. The number of ether oxygens (including phenoxy) is 1. The Labute approximate surface area is 149 Å². The number of carbonyl (C=O) groups excluding carboxylic acids is 1. The molecule has 0 saturated heterocycles. The third kappa shape index (κ3) is 5.45. The second kappa shape index (κ2) is 9.01. The van der Waals surface area contributed by atoms with Crippen molar-refractivity contribution in [3.05, 3.63) is 47.3 Å². The van der Waals surface area contributed by atoms with E-state index in [0.717, 1.165) is 17.7 Å². The first-order chi connectivity index (χ1) is 12.0. The maximum absolute atomic E-state index is 12.2. The molecule has 0 atom stereocenters. The summed E-state index contributed by atoms with van der Waals surface area (Å²) in [6, 6.07) is 7.77. The average Bonchev–Trinajstić information content (AvgIpc) is 2.59. The van der Waals surface area contributed by atoms with Gasteiger partial charge in [0.1, 0.15) is 5.75 Å². The Morgan fingerprint density at radius 2 is 2.04 bits per heavy atom. The standard InChI is InChI=1S/C19H26N4O2/c1-13(2)9-10-20-18(24)16-12-22-19(23-14(16)3)21-11-15-7-5-6-8-17(15)25-4/h5-8,12-13H,9-11H2,1-4H3,(H,20,24)(H,21,22,23). The van der Waals surface area contributed by atoms with Gasteiger partial charge in [-0.1, -0.05) is 32.0 Å². The van der Waals surface area contributed by atoms with E-state index in [1.54, 1.807) is 13.3 Å². The van der Waals surface area contributed by atoms with Gasteiger partial charge < -0.3 is 15.4 Å². The van der Waals surface area contributed by atoms with Crippen LogP contribution in [0.3, 0.4) is 0 Å². The topological polar surface area (TPSA) is 76.1 Å². The van der Waals surface area contributed by atoms with Crippen molar-refractivity contribution in [2.75, 3.05) is 19.0 Å². The highest BCUT2D eigenvalue weighted by Gasteiger charge is 2.12. The first kappa shape index (κ1) is 18.7. The van der Waals surface area contributed by atoms with Gasteiger partial charge in [0.15, 0.2) is 0 Å². The molecule has 0 aliphatic heterocycles. The molecule has 2 rings (SSSR count). The van der Waals surface area contributed by atoms with Gasteiger partial charge in [0.05, 0.1) is 18.4 Å². The number of hydrogen-bond donors (Lipinski definition) is 2. The van der Waals surface area contributed by atoms with Crippen molar-refractivity contribution in [1.29, 1.82) is 0 Å². The highest BCUT2D eigenvalue weighted by molar-refractivity contribution is 5.94. The Morgan fingerprint density at radius 3 is 2.72 bits per heavy atom. The van der Waals surface area contributed by atoms with E-state index >= 15 is 0 Å². The second-order valence-corrected chi connectivity index (χ2v) is 6.30. The maximum atomic E-state index is 12.2. The minimum Gasteiger partial charge on any atom is -0.496 e. The number of amides is 1. The summed E-state index contributed by atoms with van der Waals surface area (Å²) in [6.07, 6.45) is 2.52. The van der Waals surface area contributed by atoms with Crippen molar-refractivity contribution in [2.45, 2.75) is 33.7 Å². The van der Waals surface area contributed by atoms with E-state index < -0.39 is 0 Å². The SMILES string of the molecule is COc1ccccc1CNc1ncc(C(=O)NCCC(C)C)c(C)n1. The summed E-state index contributed by atoms with van der Waals surface area (Å²) < 4.78 is 5.33. The fraction of sp³-hybridized carbons (Fsp3) is 0.421. The number of nitrogens with zero attached hydrogens (tertiary/aromatic N) is 2. The second-order valence-electron chi connectivity index (χ2n) is 6.30. The van der Waals surface area contributed by atoms with Crippen molar-refractivity contribution >= 4 is 11.9 Å². The van der Waals surface area contributed by atoms with E-state index in [4.69, 9.17) is 4.74 Å². The van der Waals surface area contributed by atoms with E-state index in [1.165, 1.54) is 0 Å². The molecule has 1 aromatic carbocycles. The number of carbonyl (C=O) groups is 1. The van der Waals surface area contributed by atoms with Gasteiger partial charge in [-0.05, 0) is 25.3 Å². The summed E-state index contributed by atoms with van der Waals surface area (Å²) in [7, 11) is 1.65. The van der Waals surface area contributed by atoms with Gasteiger partial charge in [-0.3, -0.25) is 4.79 Å². The lowest BCUT2D eigenvalue weighted by Gasteiger charge is -2.11. The normalized spacial score (nSPS) is 10.6. The molecule has 25 heavy (non-hydrogen) atoms. The molecule has 0 aliphatic rings. The molecule has 0 saturated carbocycles. The lowest BCUT2D eigenvalue weighted by Crippen LogP contribution is -2.26. The number of rotatable bonds is 8. The van der Waals surface area contributed by atoms with Crippen molar-refractivity contribution in [3.63, 3.8) is 0 Å². The van der Waals surface area contributed by atoms with Gasteiger partial charge in [-0.15, -0.1) is 0 Å². The molecule has 0 spiro atoms. The van der Waals surface area contributed by atoms with Gasteiger partial charge in [0.2, 0.25) is 5.95 Å². The number of benzene rings is 1. The van der Waals surface area contributed by atoms with Crippen LogP contribution in [0.2, 0.25) is 0 Å². The molecular formula is C19H26N4O2. The summed E-state index contributed by atoms with van der Waals surface area (Å²) in [5.41, 5.74) is 2.17. The van der Waals surface area contributed by atoms with Crippen LogP contribution in [0.4, 0.5) is 5.95 Å². The van der Waals surface area contributed by atoms with Crippen LogP contribution < -0.4 is 15.4 Å². The smallest absolute Gasteiger partial charge is 0.254 e. The van der Waals surface area contributed by atoms with E-state index in [0.29, 0.717) is 36.2 Å². The Hall–Kier alpha value is -2.63. The zero-order valence-corrected chi connectivity index (χ0v) is 15.3. The average molecular weight is 342 g/mol. The van der Waals surface area contributed by atoms with Gasteiger partial charge in [0.25, 0.3) is 5.91 Å². The van der Waals surface area contributed by atoms with Crippen LogP contribution in [-0.2, 0) is 6.54 Å². The molecule has 0 bridgehead atoms. The molecule has 1 aromatic heterocycles. The van der Waals surface area contributed by atoms with Crippen LogP contribution in [-0.4, -0.2) is 29.5 Å². The minimum absolute atomic E-state index is 0.130. The third-order valence-electron chi connectivity index (χ3n) is 3.86. The summed E-state index contributed by atoms with van der Waals surface area (Å²) in [5, 5.41) is 6.07. The Bertz CT molecular complexity index is 716. The highest BCUT2D eigenvalue weighted by atomic mass is 16.5. The molecule has 0 radical (unpaired) electrons. The van der Waals surface area contributed by atoms with Gasteiger partial charge in [0, 0.05) is 24.8 Å². The lowest BCUT2D eigenvalue weighted by molar-refractivity contribution is 0.0950. The fourth-order valence-corrected chi connectivity index (χ4v) is 2.37. The number of para-hydroxylation sites is 1. The van der Waals surface area contributed by atoms with Crippen LogP contribution in [0, 0.1) is 12.8 Å². The number of aryl methyl sites for hydroxylation is 1. The molecule has 6 heteroatoms. The van der Waals surface area contributed by atoms with Gasteiger partial charge in [-0.2, -0.15) is 0 Å². The lowest BCUT2D eigenvalue weighted by atomic mass is 10.1. The maximum Gasteiger partial charge on any atom is 0.254 e. The largest absolute Gasteiger partial charge is 0.496 e. The van der Waals surface area contributed by atoms with Crippen LogP contribution in [0.15, 0.2) is 30.5 Å². The van der Waals surface area contributed by atoms with E-state index in [9.17, 15) is 4.79 Å². The molecular weight excluding hydrogens is 316 g/mol. The predicted molar refractivity (Wildman–Crippen MR) is 98.9 cm³/mol. The fourth-order valence-electron chi connectivity index (χ4n) is 2.37. The number of aromatic nitrogens is 2. The van der Waals surface area contributed by atoms with Crippen molar-refractivity contribution in [3.8, 4) is 5.75 Å². The molecule has 0 aliphatic carbocycles. The van der Waals surface area contributed by atoms with Crippen LogP contribution in [0.25, 0.3) is 0 Å². The van der Waals surface area contributed by atoms with Gasteiger partial charge in [-0.25, -0.2) is 9.97 Å². The Morgan fingerprint density at radius 1 is 1.28 bits per heavy atom. The number of hydrogen-bond acceptors (Lipinski definition) is 5. The van der Waals surface area contributed by atoms with Crippen LogP contribution >= 0.6 is 0 Å². The first-order valence-corrected chi connectivity index (χ1v) is 8.49. The Kier molecular flexibility index (Phi) is 6.74. The van der Waals surface area contributed by atoms with E-state index in [-0.39, 0.29) is 5.91 Å². The summed E-state index contributed by atoms with van der Waals surface area (Å²) in [5.74, 6) is 1.73. The van der Waals surface area contributed by atoms with Crippen molar-refractivity contribution in [2.24, 2.45) is 5.92 Å². The quantitative estimate of drug-likeness (QED) is 0.770. The molecule has 134 valence electrons. The summed E-state index contributed by atoms with van der Waals surface area (Å²) in [4.78, 5) is 20.8. The summed E-state index contributed by atoms with van der Waals surface area (Å²) in [6.45, 7) is 7.27. The molecule has 6 nitrogen and oxygen atoms in total. The highest BCUT2D eigenvalue weighted by Crippen LogP contribution is 2.18. The molecule has 2 aromatic rings. The predicted octanol–water partition coefficient (Wildman–Crippen LogP) is 3.18.